The summed E-state index contributed by atoms with van der Waals surface area (Å²) in [6.07, 6.45) is -4.56. The molecule has 0 saturated heterocycles. The molecule has 0 heterocycles. The first-order chi connectivity index (χ1) is 13.4. The summed E-state index contributed by atoms with van der Waals surface area (Å²) in [5.41, 5.74) is -1.94. The molecule has 0 spiro atoms. The molecule has 0 unspecified atom stereocenters. The predicted octanol–water partition coefficient (Wildman–Crippen LogP) is 5.22. The molecule has 0 aliphatic rings. The molecule has 0 N–H and O–H groups in total. The molecular formula is C20H27F3N2O4. The van der Waals surface area contributed by atoms with Crippen molar-refractivity contribution in [3.63, 3.8) is 0 Å². The molecule has 29 heavy (non-hydrogen) atoms. The Labute approximate surface area is 168 Å². The maximum absolute atomic E-state index is 13.5. The lowest BCUT2D eigenvalue weighted by Crippen LogP contribution is -2.31. The van der Waals surface area contributed by atoms with Crippen LogP contribution < -0.4 is 4.90 Å². The van der Waals surface area contributed by atoms with Crippen LogP contribution in [0.3, 0.4) is 0 Å². The van der Waals surface area contributed by atoms with E-state index >= 15 is 0 Å². The summed E-state index contributed by atoms with van der Waals surface area (Å²) in [5, 5.41) is 11.6. The van der Waals surface area contributed by atoms with E-state index in [0.717, 1.165) is 12.1 Å². The average molecular weight is 416 g/mol. The number of alkyl halides is 3. The zero-order valence-corrected chi connectivity index (χ0v) is 17.2. The molecule has 0 aromatic heterocycles. The highest BCUT2D eigenvalue weighted by Crippen LogP contribution is 2.38. The van der Waals surface area contributed by atoms with Crippen molar-refractivity contribution in [3.05, 3.63) is 40.0 Å². The highest BCUT2D eigenvalue weighted by atomic mass is 19.4. The van der Waals surface area contributed by atoms with Crippen molar-refractivity contribution in [2.24, 2.45) is 11.8 Å². The van der Waals surface area contributed by atoms with Gasteiger partial charge in [-0.15, -0.1) is 0 Å². The molecule has 0 aliphatic heterocycles. The fourth-order valence-electron chi connectivity index (χ4n) is 2.89. The number of halogens is 3. The number of carbonyl (C=O) groups is 1. The molecule has 0 aliphatic carbocycles. The minimum atomic E-state index is -4.88. The number of esters is 1. The van der Waals surface area contributed by atoms with E-state index in [9.17, 15) is 28.1 Å². The van der Waals surface area contributed by atoms with Crippen LogP contribution in [0.4, 0.5) is 24.5 Å². The van der Waals surface area contributed by atoms with E-state index in [0.29, 0.717) is 19.2 Å². The Morgan fingerprint density at radius 2 is 1.76 bits per heavy atom. The van der Waals surface area contributed by atoms with E-state index < -0.39 is 33.9 Å². The van der Waals surface area contributed by atoms with Gasteiger partial charge in [-0.1, -0.05) is 33.8 Å². The molecule has 6 nitrogen and oxygen atoms in total. The quantitative estimate of drug-likeness (QED) is 0.239. The number of nitrogens with zero attached hydrogens (tertiary/aromatic N) is 2. The third-order valence-corrected chi connectivity index (χ3v) is 3.85. The SMILES string of the molecule is CCOC(=O)C=C(c1ccc(N(CC(C)C)CC(C)C)c([N+](=O)[O-])c1)C(F)(F)F. The van der Waals surface area contributed by atoms with Crippen LogP contribution in [-0.2, 0) is 9.53 Å². The molecule has 9 heteroatoms. The number of nitro groups is 1. The van der Waals surface area contributed by atoms with E-state index in [4.69, 9.17) is 0 Å². The van der Waals surface area contributed by atoms with Crippen LogP contribution >= 0.6 is 0 Å². The molecular weight excluding hydrogens is 389 g/mol. The van der Waals surface area contributed by atoms with Gasteiger partial charge in [0.1, 0.15) is 5.69 Å². The van der Waals surface area contributed by atoms with Gasteiger partial charge in [-0.2, -0.15) is 13.2 Å². The first kappa shape index (κ1) is 24.5. The van der Waals surface area contributed by atoms with E-state index in [-0.39, 0.29) is 24.1 Å². The summed E-state index contributed by atoms with van der Waals surface area (Å²) >= 11 is 0. The maximum atomic E-state index is 13.5. The molecule has 0 fully saturated rings. The minimum absolute atomic E-state index is 0.0844. The minimum Gasteiger partial charge on any atom is -0.463 e. The standard InChI is InChI=1S/C20H27F3N2O4/c1-6-29-19(26)10-16(20(21,22)23)15-7-8-17(18(9-15)25(27)28)24(11-13(2)3)12-14(4)5/h7-10,13-14H,6,11-12H2,1-5H3. The van der Waals surface area contributed by atoms with Crippen molar-refractivity contribution in [2.75, 3.05) is 24.6 Å². The third-order valence-electron chi connectivity index (χ3n) is 3.85. The smallest absolute Gasteiger partial charge is 0.417 e. The summed E-state index contributed by atoms with van der Waals surface area (Å²) in [4.78, 5) is 24.3. The van der Waals surface area contributed by atoms with Crippen molar-refractivity contribution < 1.29 is 27.6 Å². The number of hydrogen-bond donors (Lipinski definition) is 0. The van der Waals surface area contributed by atoms with Gasteiger partial charge in [0.25, 0.3) is 5.69 Å². The first-order valence-electron chi connectivity index (χ1n) is 9.36. The molecule has 1 aromatic rings. The molecule has 0 bridgehead atoms. The van der Waals surface area contributed by atoms with Crippen LogP contribution in [0.5, 0.6) is 0 Å². The fraction of sp³-hybridized carbons (Fsp3) is 0.550. The van der Waals surface area contributed by atoms with Crippen molar-refractivity contribution in [2.45, 2.75) is 40.8 Å². The molecule has 0 saturated carbocycles. The summed E-state index contributed by atoms with van der Waals surface area (Å²) in [6, 6.07) is 3.32. The molecule has 0 radical (unpaired) electrons. The lowest BCUT2D eigenvalue weighted by Gasteiger charge is -2.28. The second-order valence-electron chi connectivity index (χ2n) is 7.46. The van der Waals surface area contributed by atoms with Crippen molar-refractivity contribution in [1.29, 1.82) is 0 Å². The maximum Gasteiger partial charge on any atom is 0.417 e. The second-order valence-corrected chi connectivity index (χ2v) is 7.46. The van der Waals surface area contributed by atoms with Gasteiger partial charge in [0.2, 0.25) is 0 Å². The van der Waals surface area contributed by atoms with Gasteiger partial charge < -0.3 is 9.64 Å². The molecule has 0 amide bonds. The zero-order valence-electron chi connectivity index (χ0n) is 17.2. The van der Waals surface area contributed by atoms with Crippen LogP contribution in [-0.4, -0.2) is 36.8 Å². The first-order valence-corrected chi connectivity index (χ1v) is 9.36. The summed E-state index contributed by atoms with van der Waals surface area (Å²) < 4.78 is 45.0. The molecule has 162 valence electrons. The molecule has 1 aromatic carbocycles. The van der Waals surface area contributed by atoms with Crippen molar-refractivity contribution >= 4 is 22.9 Å². The third kappa shape index (κ3) is 7.40. The highest BCUT2D eigenvalue weighted by Gasteiger charge is 2.37. The van der Waals surface area contributed by atoms with Crippen LogP contribution in [0.1, 0.15) is 40.2 Å². The highest BCUT2D eigenvalue weighted by molar-refractivity contribution is 5.93. The molecule has 0 atom stereocenters. The Bertz CT molecular complexity index is 749. The summed E-state index contributed by atoms with van der Waals surface area (Å²) in [7, 11) is 0. The average Bonchev–Trinajstić information content (AvgIpc) is 2.57. The number of nitro benzene ring substituents is 1. The Hall–Kier alpha value is -2.58. The van der Waals surface area contributed by atoms with Gasteiger partial charge in [0.15, 0.2) is 0 Å². The van der Waals surface area contributed by atoms with Crippen molar-refractivity contribution in [1.82, 2.24) is 0 Å². The lowest BCUT2D eigenvalue weighted by molar-refractivity contribution is -0.384. The Balaban J connectivity index is 3.54. The summed E-state index contributed by atoms with van der Waals surface area (Å²) in [5.74, 6) is -0.766. The summed E-state index contributed by atoms with van der Waals surface area (Å²) in [6.45, 7) is 10.2. The number of carbonyl (C=O) groups excluding carboxylic acids is 1. The zero-order chi connectivity index (χ0) is 22.4. The second kappa shape index (κ2) is 10.3. The lowest BCUT2D eigenvalue weighted by atomic mass is 10.0. The number of ether oxygens (including phenoxy) is 1. The van der Waals surface area contributed by atoms with Crippen molar-refractivity contribution in [3.8, 4) is 0 Å². The number of rotatable bonds is 9. The number of allylic oxidation sites excluding steroid dienone is 1. The van der Waals surface area contributed by atoms with Gasteiger partial charge in [-0.05, 0) is 30.4 Å². The largest absolute Gasteiger partial charge is 0.463 e. The number of benzene rings is 1. The van der Waals surface area contributed by atoms with E-state index in [1.165, 1.54) is 13.0 Å². The predicted molar refractivity (Wildman–Crippen MR) is 106 cm³/mol. The van der Waals surface area contributed by atoms with Crippen LogP contribution in [0.2, 0.25) is 0 Å². The Morgan fingerprint density at radius 3 is 2.17 bits per heavy atom. The monoisotopic (exact) mass is 416 g/mol. The number of hydrogen-bond acceptors (Lipinski definition) is 5. The fourth-order valence-corrected chi connectivity index (χ4v) is 2.89. The van der Waals surface area contributed by atoms with E-state index in [1.807, 2.05) is 27.7 Å². The van der Waals surface area contributed by atoms with E-state index in [2.05, 4.69) is 4.74 Å². The van der Waals surface area contributed by atoms with Gasteiger partial charge >= 0.3 is 12.1 Å². The van der Waals surface area contributed by atoms with Gasteiger partial charge in [0.05, 0.1) is 17.1 Å². The van der Waals surface area contributed by atoms with Gasteiger partial charge in [0, 0.05) is 25.2 Å². The van der Waals surface area contributed by atoms with E-state index in [1.54, 1.807) is 4.90 Å². The molecule has 1 rings (SSSR count). The number of anilines is 1. The normalized spacial score (nSPS) is 12.4. The van der Waals surface area contributed by atoms with Gasteiger partial charge in [-0.3, -0.25) is 10.1 Å². The van der Waals surface area contributed by atoms with Crippen LogP contribution in [0.25, 0.3) is 5.57 Å². The van der Waals surface area contributed by atoms with Crippen LogP contribution in [0.15, 0.2) is 24.3 Å². The topological polar surface area (TPSA) is 72.7 Å². The van der Waals surface area contributed by atoms with Gasteiger partial charge in [-0.25, -0.2) is 4.79 Å². The van der Waals surface area contributed by atoms with Crippen LogP contribution in [0, 0.1) is 22.0 Å². The Morgan fingerprint density at radius 1 is 1.21 bits per heavy atom. The Kier molecular flexibility index (Phi) is 8.66.